The molecule has 10 heteroatoms. The molecule has 444 valence electrons. The van der Waals surface area contributed by atoms with Crippen molar-refractivity contribution in [2.24, 2.45) is 17.8 Å². The van der Waals surface area contributed by atoms with Gasteiger partial charge in [0.05, 0.1) is 12.8 Å². The van der Waals surface area contributed by atoms with Crippen LogP contribution in [0, 0.1) is 17.8 Å². The molecule has 0 aliphatic rings. The minimum absolute atomic E-state index is 0.167. The van der Waals surface area contributed by atoms with Gasteiger partial charge in [-0.15, -0.1) is 0 Å². The van der Waals surface area contributed by atoms with Crippen molar-refractivity contribution < 1.29 is 44.1 Å². The molecule has 0 radical (unpaired) electrons. The van der Waals surface area contributed by atoms with Gasteiger partial charge < -0.3 is 29.7 Å². The first-order valence-corrected chi connectivity index (χ1v) is 34.6. The summed E-state index contributed by atoms with van der Waals surface area (Å²) in [5, 5.41) is 36.1. The van der Waals surface area contributed by atoms with Gasteiger partial charge in [0.1, 0.15) is 17.3 Å². The summed E-state index contributed by atoms with van der Waals surface area (Å²) in [4.78, 5) is 89.8. The number of unbranched alkanes of at least 4 members (excludes halogenated alkanes) is 36. The predicted molar refractivity (Wildman–Crippen MR) is 321 cm³/mol. The molecule has 0 aliphatic carbocycles. The molecular weight excluding hydrogens is 964 g/mol. The first-order chi connectivity index (χ1) is 36.6. The molecule has 0 saturated heterocycles. The van der Waals surface area contributed by atoms with Crippen molar-refractivity contribution in [3.63, 3.8) is 0 Å². The number of carboxylic acids is 3. The van der Waals surface area contributed by atoms with Crippen LogP contribution in [0.5, 0.6) is 0 Å². The fourth-order valence-corrected chi connectivity index (χ4v) is 20.8. The molecule has 0 rings (SSSR count). The fourth-order valence-electron chi connectivity index (χ4n) is 14.1. The molecule has 0 bridgehead atoms. The van der Waals surface area contributed by atoms with Gasteiger partial charge in [0, 0.05) is 0 Å². The maximum absolute atomic E-state index is 15.1. The summed E-state index contributed by atoms with van der Waals surface area (Å²) in [7, 11) is 0. The van der Waals surface area contributed by atoms with Crippen molar-refractivity contribution >= 4 is 49.4 Å². The molecule has 76 heavy (non-hydrogen) atoms. The average Bonchev–Trinajstić information content (AvgIpc) is 3.38. The summed E-state index contributed by atoms with van der Waals surface area (Å²) in [5.41, 5.74) is 0. The topological polar surface area (TPSA) is 163 Å². The number of rotatable bonds is 57. The second kappa shape index (κ2) is 45.7. The van der Waals surface area contributed by atoms with E-state index in [1.165, 1.54) is 175 Å². The SMILES string of the molecule is CCCCCCCCCCCCCCCC(CC)[C](C(C)=O)(C(=O)O)[Al]([C](C(C)=O)(C(=O)O)C(CC)CCCCCCCCCCCCCCC)[C](C(C)=O)(C(=O)O)C(CC)CCCCCCCCCCCCCCC. The van der Waals surface area contributed by atoms with E-state index in [2.05, 4.69) is 20.8 Å². The van der Waals surface area contributed by atoms with Crippen LogP contribution < -0.4 is 0 Å². The molecule has 6 unspecified atom stereocenters. The molecule has 0 saturated carbocycles. The summed E-state index contributed by atoms with van der Waals surface area (Å²) < 4.78 is -7.60. The Labute approximate surface area is 473 Å². The van der Waals surface area contributed by atoms with Gasteiger partial charge in [-0.2, -0.15) is 0 Å². The lowest BCUT2D eigenvalue weighted by Gasteiger charge is -2.55. The van der Waals surface area contributed by atoms with E-state index in [0.717, 1.165) is 77.0 Å². The summed E-state index contributed by atoms with van der Waals surface area (Å²) in [6.45, 7) is 15.7. The Morgan fingerprint density at radius 2 is 0.421 bits per heavy atom. The third kappa shape index (κ3) is 24.8. The number of Topliss-reactive ketones (excluding diaryl/α,β-unsaturated/α-hetero) is 3. The van der Waals surface area contributed by atoms with Crippen LogP contribution in [0.15, 0.2) is 0 Å². The quantitative estimate of drug-likeness (QED) is 0.0306. The van der Waals surface area contributed by atoms with Gasteiger partial charge in [0.25, 0.3) is 0 Å². The largest absolute Gasteiger partial charge is 0.481 e. The number of carbonyl (C=O) groups is 6. The smallest absolute Gasteiger partial charge is 0.370 e. The van der Waals surface area contributed by atoms with E-state index in [4.69, 9.17) is 0 Å². The van der Waals surface area contributed by atoms with Crippen molar-refractivity contribution in [1.82, 2.24) is 0 Å². The summed E-state index contributed by atoms with van der Waals surface area (Å²) in [5.74, 6) is -10.0. The van der Waals surface area contributed by atoms with Gasteiger partial charge in [0.2, 0.25) is 0 Å². The number of hydrogen-bond acceptors (Lipinski definition) is 6. The second-order valence-corrected chi connectivity index (χ2v) is 27.6. The van der Waals surface area contributed by atoms with Gasteiger partial charge in [-0.1, -0.05) is 330 Å². The first-order valence-electron chi connectivity index (χ1n) is 32.8. The number of aliphatic carboxylic acids is 3. The number of carbonyl (C=O) groups excluding carboxylic acids is 3. The molecule has 0 amide bonds. The van der Waals surface area contributed by atoms with Crippen molar-refractivity contribution in [2.75, 3.05) is 0 Å². The van der Waals surface area contributed by atoms with Crippen LogP contribution in [0.25, 0.3) is 0 Å². The Kier molecular flexibility index (Phi) is 44.4. The lowest BCUT2D eigenvalue weighted by Crippen LogP contribution is -2.70. The van der Waals surface area contributed by atoms with E-state index in [1.807, 2.05) is 0 Å². The molecule has 6 atom stereocenters. The third-order valence-corrected chi connectivity index (χ3v) is 24.7. The molecule has 0 spiro atoms. The van der Waals surface area contributed by atoms with Crippen LogP contribution in [-0.2, 0) is 28.8 Å². The Hall–Kier alpha value is -2.05. The van der Waals surface area contributed by atoms with Gasteiger partial charge in [-0.3, -0.25) is 14.4 Å². The van der Waals surface area contributed by atoms with Crippen LogP contribution >= 0.6 is 0 Å². The number of carboxylic acid groups (broad SMARTS) is 3. The van der Waals surface area contributed by atoms with Crippen LogP contribution in [0.2, 0.25) is 12.8 Å². The molecule has 3 N–H and O–H groups in total. The maximum Gasteiger partial charge on any atom is 0.370 e. The molecule has 0 aromatic heterocycles. The highest BCUT2D eigenvalue weighted by molar-refractivity contribution is 6.88. The van der Waals surface area contributed by atoms with Crippen molar-refractivity contribution in [1.29, 1.82) is 0 Å². The van der Waals surface area contributed by atoms with Gasteiger partial charge >= 0.3 is 32.1 Å². The summed E-state index contributed by atoms with van der Waals surface area (Å²) in [6.07, 6.45) is 44.8. The fraction of sp³-hybridized carbons (Fsp3) is 0.909. The van der Waals surface area contributed by atoms with Crippen LogP contribution in [0.1, 0.15) is 351 Å². The molecule has 0 aromatic carbocycles. The normalized spacial score (nSPS) is 15.3. The van der Waals surface area contributed by atoms with E-state index in [-0.39, 0.29) is 38.5 Å². The van der Waals surface area contributed by atoms with Crippen LogP contribution in [-0.4, -0.2) is 64.7 Å². The molecule has 0 aromatic rings. The van der Waals surface area contributed by atoms with Crippen molar-refractivity contribution in [3.8, 4) is 0 Å². The van der Waals surface area contributed by atoms with Gasteiger partial charge in [-0.05, 0) is 38.5 Å². The molecular formula is C66H123AlO9. The zero-order valence-electron chi connectivity index (χ0n) is 51.4. The van der Waals surface area contributed by atoms with E-state index >= 15 is 14.4 Å². The highest BCUT2D eigenvalue weighted by Gasteiger charge is 2.81. The predicted octanol–water partition coefficient (Wildman–Crippen LogP) is 20.2. The summed E-state index contributed by atoms with van der Waals surface area (Å²) >= 11 is -4.68. The molecule has 0 heterocycles. The Bertz CT molecular complexity index is 1310. The van der Waals surface area contributed by atoms with E-state index in [1.54, 1.807) is 20.8 Å². The Morgan fingerprint density at radius 3 is 0.539 bits per heavy atom. The minimum Gasteiger partial charge on any atom is -0.481 e. The minimum atomic E-state index is -4.68. The van der Waals surface area contributed by atoms with E-state index in [0.29, 0.717) is 19.3 Å². The standard InChI is InChI=1S/3C22H41O3.Al/c3*1-4-6-7-8-9-10-11-12-13-14-15-16-17-18-20(5-2)21(19(3)23)22(24)25;/h3*20H,4-18H2,1-3H3,(H,24,25);. The van der Waals surface area contributed by atoms with Crippen LogP contribution in [0.3, 0.4) is 0 Å². The zero-order valence-corrected chi connectivity index (χ0v) is 52.6. The first kappa shape index (κ1) is 74.0. The summed E-state index contributed by atoms with van der Waals surface area (Å²) in [6, 6.07) is 0. The van der Waals surface area contributed by atoms with Gasteiger partial charge in [0.15, 0.2) is 0 Å². The number of ketones is 3. The van der Waals surface area contributed by atoms with Crippen LogP contribution in [0.4, 0.5) is 0 Å². The number of hydrogen-bond donors (Lipinski definition) is 3. The average molecular weight is 1090 g/mol. The highest BCUT2D eigenvalue weighted by atomic mass is 27.2. The van der Waals surface area contributed by atoms with Crippen molar-refractivity contribution in [3.05, 3.63) is 0 Å². The second-order valence-electron chi connectivity index (χ2n) is 24.0. The van der Waals surface area contributed by atoms with Gasteiger partial charge in [-0.25, -0.2) is 0 Å². The highest BCUT2D eigenvalue weighted by Crippen LogP contribution is 2.67. The lowest BCUT2D eigenvalue weighted by atomic mass is 9.79. The Morgan fingerprint density at radius 1 is 0.276 bits per heavy atom. The van der Waals surface area contributed by atoms with E-state index in [9.17, 15) is 29.7 Å². The molecule has 0 fully saturated rings. The molecule has 0 aliphatic heterocycles. The zero-order chi connectivity index (χ0) is 57.1. The van der Waals surface area contributed by atoms with E-state index < -0.39 is 80.0 Å². The molecule has 9 nitrogen and oxygen atoms in total. The Balaban J connectivity index is 7.26. The monoisotopic (exact) mass is 1090 g/mol. The maximum atomic E-state index is 15.1. The lowest BCUT2D eigenvalue weighted by molar-refractivity contribution is -0.150. The third-order valence-electron chi connectivity index (χ3n) is 18.6. The van der Waals surface area contributed by atoms with Crippen molar-refractivity contribution in [2.45, 2.75) is 364 Å².